The van der Waals surface area contributed by atoms with Crippen molar-refractivity contribution in [1.29, 1.82) is 0 Å². The van der Waals surface area contributed by atoms with Crippen LogP contribution in [0.4, 0.5) is 11.4 Å². The number of benzene rings is 1. The average molecular weight is 374 g/mol. The topological polar surface area (TPSA) is 78.7 Å². The molecule has 1 fully saturated rings. The SMILES string of the molecule is C[C@H](C(=O)Nc1ccc([N+](=O)[O-])cc1)N1CCN(Cc2ccsc2)CC1. The summed E-state index contributed by atoms with van der Waals surface area (Å²) in [6.07, 6.45) is 0. The first-order chi connectivity index (χ1) is 12.5. The number of piperazine rings is 1. The van der Waals surface area contributed by atoms with Gasteiger partial charge >= 0.3 is 0 Å². The van der Waals surface area contributed by atoms with Crippen LogP contribution in [0.15, 0.2) is 41.1 Å². The third-order valence-corrected chi connectivity index (χ3v) is 5.40. The van der Waals surface area contributed by atoms with E-state index in [4.69, 9.17) is 0 Å². The number of carbonyl (C=O) groups excluding carboxylic acids is 1. The van der Waals surface area contributed by atoms with E-state index in [1.165, 1.54) is 17.7 Å². The minimum Gasteiger partial charge on any atom is -0.325 e. The summed E-state index contributed by atoms with van der Waals surface area (Å²) in [4.78, 5) is 27.3. The predicted octanol–water partition coefficient (Wildman–Crippen LogP) is 2.80. The quantitative estimate of drug-likeness (QED) is 0.621. The molecule has 3 rings (SSSR count). The van der Waals surface area contributed by atoms with Crippen molar-refractivity contribution in [2.45, 2.75) is 19.5 Å². The molecular weight excluding hydrogens is 352 g/mol. The van der Waals surface area contributed by atoms with E-state index in [0.717, 1.165) is 32.7 Å². The minimum absolute atomic E-state index is 0.0118. The van der Waals surface area contributed by atoms with Crippen LogP contribution in [0, 0.1) is 10.1 Å². The first kappa shape index (κ1) is 18.5. The lowest BCUT2D eigenvalue weighted by atomic mass is 10.2. The second-order valence-corrected chi connectivity index (χ2v) is 7.19. The molecule has 1 aliphatic rings. The van der Waals surface area contributed by atoms with Gasteiger partial charge in [-0.3, -0.25) is 24.7 Å². The highest BCUT2D eigenvalue weighted by Crippen LogP contribution is 2.17. The van der Waals surface area contributed by atoms with E-state index in [1.54, 1.807) is 23.5 Å². The summed E-state index contributed by atoms with van der Waals surface area (Å²) >= 11 is 1.71. The van der Waals surface area contributed by atoms with Gasteiger partial charge in [0.1, 0.15) is 0 Å². The molecule has 26 heavy (non-hydrogen) atoms. The number of nitro groups is 1. The van der Waals surface area contributed by atoms with Gasteiger partial charge in [0.15, 0.2) is 0 Å². The zero-order valence-corrected chi connectivity index (χ0v) is 15.4. The Morgan fingerprint density at radius 1 is 1.23 bits per heavy atom. The van der Waals surface area contributed by atoms with Crippen molar-refractivity contribution in [2.75, 3.05) is 31.5 Å². The molecule has 0 saturated carbocycles. The summed E-state index contributed by atoms with van der Waals surface area (Å²) < 4.78 is 0. The van der Waals surface area contributed by atoms with E-state index in [2.05, 4.69) is 31.9 Å². The number of anilines is 1. The predicted molar refractivity (Wildman–Crippen MR) is 102 cm³/mol. The zero-order chi connectivity index (χ0) is 18.5. The molecule has 1 N–H and O–H groups in total. The standard InChI is InChI=1S/C18H22N4O3S/c1-14(18(23)19-16-2-4-17(5-3-16)22(24)25)21-9-7-20(8-10-21)12-15-6-11-26-13-15/h2-6,11,13-14H,7-10,12H2,1H3,(H,19,23)/t14-/m1/s1. The second-order valence-electron chi connectivity index (χ2n) is 6.41. The Morgan fingerprint density at radius 3 is 2.50 bits per heavy atom. The van der Waals surface area contributed by atoms with Crippen LogP contribution >= 0.6 is 11.3 Å². The van der Waals surface area contributed by atoms with Gasteiger partial charge in [0.05, 0.1) is 11.0 Å². The summed E-state index contributed by atoms with van der Waals surface area (Å²) in [6.45, 7) is 6.42. The Hall–Kier alpha value is -2.29. The van der Waals surface area contributed by atoms with E-state index in [0.29, 0.717) is 5.69 Å². The lowest BCUT2D eigenvalue weighted by Gasteiger charge is -2.37. The van der Waals surface area contributed by atoms with E-state index in [-0.39, 0.29) is 17.6 Å². The number of hydrogen-bond acceptors (Lipinski definition) is 6. The van der Waals surface area contributed by atoms with E-state index in [1.807, 2.05) is 6.92 Å². The number of nitrogens with zero attached hydrogens (tertiary/aromatic N) is 3. The molecule has 138 valence electrons. The molecular formula is C18H22N4O3S. The molecule has 2 aromatic rings. The molecule has 1 atom stereocenters. The van der Waals surface area contributed by atoms with Gasteiger partial charge in [0.2, 0.25) is 5.91 Å². The van der Waals surface area contributed by atoms with Crippen LogP contribution < -0.4 is 5.32 Å². The zero-order valence-electron chi connectivity index (χ0n) is 14.6. The summed E-state index contributed by atoms with van der Waals surface area (Å²) in [5.41, 5.74) is 1.92. The number of rotatable bonds is 6. The molecule has 7 nitrogen and oxygen atoms in total. The van der Waals surface area contributed by atoms with Gasteiger partial charge in [-0.25, -0.2) is 0 Å². The molecule has 1 aromatic carbocycles. The van der Waals surface area contributed by atoms with Crippen LogP contribution in [0.1, 0.15) is 12.5 Å². The van der Waals surface area contributed by atoms with Gasteiger partial charge in [0, 0.05) is 50.5 Å². The van der Waals surface area contributed by atoms with Crippen LogP contribution in [0.2, 0.25) is 0 Å². The number of nitrogens with one attached hydrogen (secondary N) is 1. The number of carbonyl (C=O) groups is 1. The van der Waals surface area contributed by atoms with Crippen molar-refractivity contribution in [3.8, 4) is 0 Å². The van der Waals surface area contributed by atoms with Crippen molar-refractivity contribution in [3.63, 3.8) is 0 Å². The second kappa shape index (κ2) is 8.39. The number of thiophene rings is 1. The largest absolute Gasteiger partial charge is 0.325 e. The fourth-order valence-corrected chi connectivity index (χ4v) is 3.69. The molecule has 0 spiro atoms. The Balaban J connectivity index is 1.48. The number of nitro benzene ring substituents is 1. The number of amides is 1. The van der Waals surface area contributed by atoms with Crippen molar-refractivity contribution in [1.82, 2.24) is 9.80 Å². The van der Waals surface area contributed by atoms with Crippen LogP contribution in [0.25, 0.3) is 0 Å². The summed E-state index contributed by atoms with van der Waals surface area (Å²) in [6, 6.07) is 7.81. The molecule has 0 bridgehead atoms. The maximum absolute atomic E-state index is 12.5. The lowest BCUT2D eigenvalue weighted by Crippen LogP contribution is -2.52. The Morgan fingerprint density at radius 2 is 1.92 bits per heavy atom. The van der Waals surface area contributed by atoms with E-state index in [9.17, 15) is 14.9 Å². The van der Waals surface area contributed by atoms with Crippen molar-refractivity contribution >= 4 is 28.6 Å². The van der Waals surface area contributed by atoms with E-state index >= 15 is 0 Å². The molecule has 1 saturated heterocycles. The van der Waals surface area contributed by atoms with Crippen LogP contribution in [-0.2, 0) is 11.3 Å². The molecule has 1 aliphatic heterocycles. The van der Waals surface area contributed by atoms with Crippen molar-refractivity contribution in [2.24, 2.45) is 0 Å². The average Bonchev–Trinajstić information content (AvgIpc) is 3.15. The van der Waals surface area contributed by atoms with Crippen molar-refractivity contribution < 1.29 is 9.72 Å². The highest BCUT2D eigenvalue weighted by atomic mass is 32.1. The van der Waals surface area contributed by atoms with Crippen LogP contribution in [0.3, 0.4) is 0 Å². The summed E-state index contributed by atoms with van der Waals surface area (Å²) in [5.74, 6) is -0.0925. The van der Waals surface area contributed by atoms with Gasteiger partial charge in [-0.2, -0.15) is 11.3 Å². The molecule has 2 heterocycles. The summed E-state index contributed by atoms with van der Waals surface area (Å²) in [7, 11) is 0. The molecule has 0 radical (unpaired) electrons. The highest BCUT2D eigenvalue weighted by molar-refractivity contribution is 7.07. The maximum atomic E-state index is 12.5. The fourth-order valence-electron chi connectivity index (χ4n) is 3.03. The number of hydrogen-bond donors (Lipinski definition) is 1. The Bertz CT molecular complexity index is 740. The fraction of sp³-hybridized carbons (Fsp3) is 0.389. The first-order valence-corrected chi connectivity index (χ1v) is 9.50. The normalized spacial score (nSPS) is 17.0. The molecule has 0 aliphatic carbocycles. The summed E-state index contributed by atoms with van der Waals surface area (Å²) in [5, 5.41) is 17.8. The van der Waals surface area contributed by atoms with Crippen LogP contribution in [0.5, 0.6) is 0 Å². The minimum atomic E-state index is -0.455. The van der Waals surface area contributed by atoms with Crippen LogP contribution in [-0.4, -0.2) is 52.9 Å². The maximum Gasteiger partial charge on any atom is 0.269 e. The Labute approximate surface area is 156 Å². The van der Waals surface area contributed by atoms with Crippen molar-refractivity contribution in [3.05, 3.63) is 56.8 Å². The first-order valence-electron chi connectivity index (χ1n) is 8.56. The monoisotopic (exact) mass is 374 g/mol. The molecule has 8 heteroatoms. The van der Waals surface area contributed by atoms with Gasteiger partial charge in [0.25, 0.3) is 5.69 Å². The van der Waals surface area contributed by atoms with Gasteiger partial charge in [-0.15, -0.1) is 0 Å². The molecule has 1 amide bonds. The van der Waals surface area contributed by atoms with E-state index < -0.39 is 4.92 Å². The lowest BCUT2D eigenvalue weighted by molar-refractivity contribution is -0.384. The smallest absolute Gasteiger partial charge is 0.269 e. The van der Waals surface area contributed by atoms with Gasteiger partial charge in [-0.1, -0.05) is 0 Å². The van der Waals surface area contributed by atoms with Gasteiger partial charge < -0.3 is 5.32 Å². The van der Waals surface area contributed by atoms with Gasteiger partial charge in [-0.05, 0) is 41.4 Å². The third-order valence-electron chi connectivity index (χ3n) is 4.67. The molecule has 1 aromatic heterocycles. The number of non-ortho nitro benzene ring substituents is 1. The highest BCUT2D eigenvalue weighted by Gasteiger charge is 2.25. The third kappa shape index (κ3) is 4.66. The molecule has 0 unspecified atom stereocenters. The Kier molecular flexibility index (Phi) is 5.97.